The highest BCUT2D eigenvalue weighted by atomic mass is 16.6. The summed E-state index contributed by atoms with van der Waals surface area (Å²) in [5.41, 5.74) is 0. The number of carbonyl (C=O) groups is 2. The lowest BCUT2D eigenvalue weighted by Crippen LogP contribution is -2.25. The molecule has 0 aliphatic carbocycles. The highest BCUT2D eigenvalue weighted by Gasteiger charge is 2.12. The monoisotopic (exact) mass is 569 g/mol. The van der Waals surface area contributed by atoms with Gasteiger partial charge in [0.05, 0.1) is 0 Å². The Kier molecular flexibility index (Phi) is 30.0. The van der Waals surface area contributed by atoms with Crippen LogP contribution < -0.4 is 0 Å². The van der Waals surface area contributed by atoms with E-state index in [2.05, 4.69) is 20.8 Å². The predicted molar refractivity (Wildman–Crippen MR) is 168 cm³/mol. The summed E-state index contributed by atoms with van der Waals surface area (Å²) in [5.74, 6) is 0.296. The Labute approximate surface area is 248 Å². The third-order valence-electron chi connectivity index (χ3n) is 7.77. The molecule has 5 heteroatoms. The topological polar surface area (TPSA) is 72.8 Å². The van der Waals surface area contributed by atoms with Gasteiger partial charge in [0.1, 0.15) is 19.3 Å². The molecular formula is C35H68O5. The third kappa shape index (κ3) is 31.4. The van der Waals surface area contributed by atoms with Gasteiger partial charge in [0.2, 0.25) is 0 Å². The summed E-state index contributed by atoms with van der Waals surface area (Å²) in [6, 6.07) is 0. The molecule has 0 aromatic rings. The first kappa shape index (κ1) is 38.9. The summed E-state index contributed by atoms with van der Waals surface area (Å²) in [5, 5.41) is 9.88. The molecule has 0 saturated carbocycles. The summed E-state index contributed by atoms with van der Waals surface area (Å²) < 4.78 is 10.2. The van der Waals surface area contributed by atoms with Gasteiger partial charge < -0.3 is 14.6 Å². The molecule has 40 heavy (non-hydrogen) atoms. The van der Waals surface area contributed by atoms with Crippen LogP contribution >= 0.6 is 0 Å². The second kappa shape index (κ2) is 30.8. The van der Waals surface area contributed by atoms with E-state index in [9.17, 15) is 14.7 Å². The average Bonchev–Trinajstić information content (AvgIpc) is 2.93. The van der Waals surface area contributed by atoms with Crippen LogP contribution in [0.1, 0.15) is 188 Å². The normalized spacial score (nSPS) is 12.1. The lowest BCUT2D eigenvalue weighted by Gasteiger charge is -2.12. The SMILES string of the molecule is CCCCCCCC(=O)OC[C@@H](O)COC(=O)CCCCCCCCCCCCCCCCCCCCC(C)C. The lowest BCUT2D eigenvalue weighted by molar-refractivity contribution is -0.152. The molecule has 1 atom stereocenters. The van der Waals surface area contributed by atoms with Gasteiger partial charge in [-0.3, -0.25) is 9.59 Å². The second-order valence-corrected chi connectivity index (χ2v) is 12.5. The van der Waals surface area contributed by atoms with Crippen molar-refractivity contribution in [2.75, 3.05) is 13.2 Å². The fraction of sp³-hybridized carbons (Fsp3) is 0.943. The van der Waals surface area contributed by atoms with Crippen LogP contribution in [-0.2, 0) is 19.1 Å². The van der Waals surface area contributed by atoms with Crippen molar-refractivity contribution in [2.24, 2.45) is 5.92 Å². The van der Waals surface area contributed by atoms with Crippen molar-refractivity contribution in [1.82, 2.24) is 0 Å². The highest BCUT2D eigenvalue weighted by molar-refractivity contribution is 5.69. The molecule has 0 aliphatic rings. The van der Waals surface area contributed by atoms with Gasteiger partial charge in [-0.2, -0.15) is 0 Å². The molecule has 0 bridgehead atoms. The van der Waals surface area contributed by atoms with Gasteiger partial charge in [-0.15, -0.1) is 0 Å². The van der Waals surface area contributed by atoms with Gasteiger partial charge in [0, 0.05) is 12.8 Å². The van der Waals surface area contributed by atoms with Crippen molar-refractivity contribution < 1.29 is 24.2 Å². The summed E-state index contributed by atoms with van der Waals surface area (Å²) in [6.45, 7) is 6.59. The Hall–Kier alpha value is -1.10. The van der Waals surface area contributed by atoms with Gasteiger partial charge in [-0.1, -0.05) is 162 Å². The number of hydrogen-bond acceptors (Lipinski definition) is 5. The molecule has 238 valence electrons. The Balaban J connectivity index is 3.31. The number of hydrogen-bond donors (Lipinski definition) is 1. The minimum Gasteiger partial charge on any atom is -0.463 e. The van der Waals surface area contributed by atoms with E-state index in [0.717, 1.165) is 38.0 Å². The first-order valence-corrected chi connectivity index (χ1v) is 17.4. The number of aliphatic hydroxyl groups excluding tert-OH is 1. The summed E-state index contributed by atoms with van der Waals surface area (Å²) >= 11 is 0. The van der Waals surface area contributed by atoms with Crippen molar-refractivity contribution in [3.63, 3.8) is 0 Å². The van der Waals surface area contributed by atoms with Crippen LogP contribution in [0.2, 0.25) is 0 Å². The maximum atomic E-state index is 11.9. The molecule has 0 unspecified atom stereocenters. The highest BCUT2D eigenvalue weighted by Crippen LogP contribution is 2.16. The van der Waals surface area contributed by atoms with E-state index in [-0.39, 0.29) is 25.2 Å². The number of carbonyl (C=O) groups excluding carboxylic acids is 2. The summed E-state index contributed by atoms with van der Waals surface area (Å²) in [7, 11) is 0. The van der Waals surface area contributed by atoms with Gasteiger partial charge in [-0.05, 0) is 18.8 Å². The molecule has 0 heterocycles. The van der Waals surface area contributed by atoms with E-state index in [1.165, 1.54) is 122 Å². The number of rotatable bonds is 31. The van der Waals surface area contributed by atoms with Gasteiger partial charge in [0.15, 0.2) is 0 Å². The van der Waals surface area contributed by atoms with Crippen molar-refractivity contribution in [3.05, 3.63) is 0 Å². The van der Waals surface area contributed by atoms with Crippen LogP contribution in [0.4, 0.5) is 0 Å². The second-order valence-electron chi connectivity index (χ2n) is 12.5. The van der Waals surface area contributed by atoms with Crippen LogP contribution in [0.3, 0.4) is 0 Å². The Bertz CT molecular complexity index is 548. The quantitative estimate of drug-likeness (QED) is 0.0665. The number of ether oxygens (including phenoxy) is 2. The van der Waals surface area contributed by atoms with E-state index in [4.69, 9.17) is 9.47 Å². The largest absolute Gasteiger partial charge is 0.463 e. The zero-order chi connectivity index (χ0) is 29.5. The summed E-state index contributed by atoms with van der Waals surface area (Å²) in [6.07, 6.45) is 30.5. The van der Waals surface area contributed by atoms with E-state index in [1.807, 2.05) is 0 Å². The third-order valence-corrected chi connectivity index (χ3v) is 7.77. The molecule has 0 spiro atoms. The van der Waals surface area contributed by atoms with Crippen LogP contribution in [0.15, 0.2) is 0 Å². The molecule has 0 fully saturated rings. The van der Waals surface area contributed by atoms with Crippen molar-refractivity contribution >= 4 is 11.9 Å². The maximum Gasteiger partial charge on any atom is 0.305 e. The molecule has 0 amide bonds. The first-order valence-electron chi connectivity index (χ1n) is 17.4. The lowest BCUT2D eigenvalue weighted by atomic mass is 10.0. The number of unbranched alkanes of at least 4 members (excludes halogenated alkanes) is 21. The van der Waals surface area contributed by atoms with E-state index in [0.29, 0.717) is 12.8 Å². The van der Waals surface area contributed by atoms with Crippen molar-refractivity contribution in [2.45, 2.75) is 194 Å². The maximum absolute atomic E-state index is 11.9. The molecule has 0 rings (SSSR count). The fourth-order valence-corrected chi connectivity index (χ4v) is 5.09. The van der Waals surface area contributed by atoms with Crippen LogP contribution in [0.5, 0.6) is 0 Å². The Morgan fingerprint density at radius 3 is 1.12 bits per heavy atom. The van der Waals surface area contributed by atoms with Crippen LogP contribution in [0, 0.1) is 5.92 Å². The van der Waals surface area contributed by atoms with Gasteiger partial charge in [0.25, 0.3) is 0 Å². The summed E-state index contributed by atoms with van der Waals surface area (Å²) in [4.78, 5) is 23.6. The molecule has 0 aliphatic heterocycles. The Morgan fingerprint density at radius 2 is 0.800 bits per heavy atom. The molecular weight excluding hydrogens is 500 g/mol. The van der Waals surface area contributed by atoms with Gasteiger partial charge >= 0.3 is 11.9 Å². The molecule has 0 saturated heterocycles. The standard InChI is InChI=1S/C35H68O5/c1-4-5-6-21-25-28-34(37)39-30-33(36)31-40-35(38)29-26-23-20-18-16-14-12-10-8-7-9-11-13-15-17-19-22-24-27-32(2)3/h32-33,36H,4-31H2,1-3H3/t33-/m1/s1. The Morgan fingerprint density at radius 1 is 0.500 bits per heavy atom. The molecule has 0 aromatic carbocycles. The zero-order valence-corrected chi connectivity index (χ0v) is 27.0. The predicted octanol–water partition coefficient (Wildman–Crippen LogP) is 10.3. The van der Waals surface area contributed by atoms with Crippen LogP contribution in [-0.4, -0.2) is 36.4 Å². The number of aliphatic hydroxyl groups is 1. The van der Waals surface area contributed by atoms with Crippen LogP contribution in [0.25, 0.3) is 0 Å². The smallest absolute Gasteiger partial charge is 0.305 e. The average molecular weight is 569 g/mol. The van der Waals surface area contributed by atoms with Crippen molar-refractivity contribution in [1.29, 1.82) is 0 Å². The first-order chi connectivity index (χ1) is 19.5. The molecule has 1 N–H and O–H groups in total. The van der Waals surface area contributed by atoms with E-state index in [1.54, 1.807) is 0 Å². The van der Waals surface area contributed by atoms with E-state index >= 15 is 0 Å². The number of esters is 2. The molecule has 5 nitrogen and oxygen atoms in total. The molecule has 0 aromatic heterocycles. The minimum absolute atomic E-state index is 0.110. The van der Waals surface area contributed by atoms with E-state index < -0.39 is 6.10 Å². The fourth-order valence-electron chi connectivity index (χ4n) is 5.09. The minimum atomic E-state index is -0.952. The molecule has 0 radical (unpaired) electrons. The van der Waals surface area contributed by atoms with Gasteiger partial charge in [-0.25, -0.2) is 0 Å². The van der Waals surface area contributed by atoms with Crippen molar-refractivity contribution in [3.8, 4) is 0 Å². The zero-order valence-electron chi connectivity index (χ0n) is 27.0.